The second-order valence-electron chi connectivity index (χ2n) is 9.57. The van der Waals surface area contributed by atoms with Gasteiger partial charge in [0.05, 0.1) is 0 Å². The van der Waals surface area contributed by atoms with Crippen molar-refractivity contribution in [2.24, 2.45) is 0 Å². The van der Waals surface area contributed by atoms with Gasteiger partial charge in [-0.2, -0.15) is 0 Å². The molecule has 0 spiro atoms. The molecular weight excluding hydrogens is 328 g/mol. The summed E-state index contributed by atoms with van der Waals surface area (Å²) in [6, 6.07) is 21.8. The van der Waals surface area contributed by atoms with E-state index in [0.717, 1.165) is 11.2 Å². The predicted molar refractivity (Wildman–Crippen MR) is 117 cm³/mol. The number of rotatable bonds is 1. The molecule has 0 unspecified atom stereocenters. The Kier molecular flexibility index (Phi) is 3.96. The summed E-state index contributed by atoms with van der Waals surface area (Å²) >= 11 is 0. The van der Waals surface area contributed by atoms with Crippen LogP contribution in [0.25, 0.3) is 33.1 Å². The third-order valence-electron chi connectivity index (χ3n) is 5.37. The second kappa shape index (κ2) is 5.99. The van der Waals surface area contributed by atoms with Gasteiger partial charge in [-0.1, -0.05) is 84.0 Å². The molecule has 0 atom stereocenters. The molecule has 0 radical (unpaired) electrons. The zero-order valence-corrected chi connectivity index (χ0v) is 17.2. The first-order chi connectivity index (χ1) is 12.6. The molecule has 0 aliphatic heterocycles. The normalized spacial score (nSPS) is 12.8. The van der Waals surface area contributed by atoms with E-state index in [1.807, 2.05) is 6.07 Å². The van der Waals surface area contributed by atoms with Gasteiger partial charge in [0.15, 0.2) is 0 Å². The summed E-state index contributed by atoms with van der Waals surface area (Å²) in [5.41, 5.74) is 7.26. The van der Waals surface area contributed by atoms with E-state index < -0.39 is 0 Å². The van der Waals surface area contributed by atoms with Crippen LogP contribution < -0.4 is 0 Å². The zero-order chi connectivity index (χ0) is 19.4. The van der Waals surface area contributed by atoms with Gasteiger partial charge in [-0.05, 0) is 51.3 Å². The minimum Gasteiger partial charge on any atom is -0.456 e. The van der Waals surface area contributed by atoms with E-state index in [0.29, 0.717) is 0 Å². The van der Waals surface area contributed by atoms with Crippen molar-refractivity contribution in [2.45, 2.75) is 52.4 Å². The lowest BCUT2D eigenvalue weighted by Crippen LogP contribution is -2.12. The maximum Gasteiger partial charge on any atom is 0.136 e. The summed E-state index contributed by atoms with van der Waals surface area (Å²) in [6.45, 7) is 13.6. The molecule has 27 heavy (non-hydrogen) atoms. The third-order valence-corrected chi connectivity index (χ3v) is 5.37. The molecule has 0 bridgehead atoms. The Morgan fingerprint density at radius 3 is 1.93 bits per heavy atom. The van der Waals surface area contributed by atoms with Gasteiger partial charge in [0.1, 0.15) is 11.2 Å². The summed E-state index contributed by atoms with van der Waals surface area (Å²) in [5.74, 6) is 0. The largest absolute Gasteiger partial charge is 0.456 e. The molecule has 138 valence electrons. The van der Waals surface area contributed by atoms with Crippen LogP contribution >= 0.6 is 0 Å². The molecule has 0 amide bonds. The van der Waals surface area contributed by atoms with Crippen LogP contribution in [-0.4, -0.2) is 0 Å². The van der Waals surface area contributed by atoms with Gasteiger partial charge in [-0.3, -0.25) is 0 Å². The number of benzene rings is 3. The Hall–Kier alpha value is -2.54. The minimum absolute atomic E-state index is 0.0340. The quantitative estimate of drug-likeness (QED) is 0.338. The van der Waals surface area contributed by atoms with E-state index in [9.17, 15) is 0 Å². The molecule has 1 aromatic heterocycles. The van der Waals surface area contributed by atoms with Crippen molar-refractivity contribution in [3.63, 3.8) is 0 Å². The minimum atomic E-state index is 0.0340. The van der Waals surface area contributed by atoms with Crippen LogP contribution in [0.1, 0.15) is 52.7 Å². The summed E-state index contributed by atoms with van der Waals surface area (Å²) in [4.78, 5) is 0. The van der Waals surface area contributed by atoms with Crippen LogP contribution in [0.2, 0.25) is 0 Å². The highest BCUT2D eigenvalue weighted by Gasteiger charge is 2.22. The average molecular weight is 357 g/mol. The van der Waals surface area contributed by atoms with Crippen LogP contribution in [0.15, 0.2) is 65.1 Å². The fraction of sp³-hybridized carbons (Fsp3) is 0.308. The molecule has 0 fully saturated rings. The molecule has 1 heteroatoms. The lowest BCUT2D eigenvalue weighted by atomic mass is 9.82. The maximum atomic E-state index is 6.23. The van der Waals surface area contributed by atoms with E-state index in [2.05, 4.69) is 96.1 Å². The van der Waals surface area contributed by atoms with Gasteiger partial charge in [-0.15, -0.1) is 0 Å². The fourth-order valence-corrected chi connectivity index (χ4v) is 3.78. The van der Waals surface area contributed by atoms with Crippen molar-refractivity contribution in [3.8, 4) is 11.1 Å². The number of para-hydroxylation sites is 1. The van der Waals surface area contributed by atoms with Crippen molar-refractivity contribution in [2.75, 3.05) is 0 Å². The molecule has 0 saturated carbocycles. The van der Waals surface area contributed by atoms with Crippen molar-refractivity contribution < 1.29 is 4.42 Å². The standard InChI is InChI=1S/C26H28O/c1-25(2,3)19-13-11-17(12-14-19)18-15-21(26(4,5)6)24-20-9-7-8-10-22(20)27-23(24)16-18/h7-16H,1-6H3. The molecule has 0 N–H and O–H groups in total. The fourth-order valence-electron chi connectivity index (χ4n) is 3.78. The molecule has 4 rings (SSSR count). The first kappa shape index (κ1) is 17.9. The smallest absolute Gasteiger partial charge is 0.136 e. The van der Waals surface area contributed by atoms with Gasteiger partial charge >= 0.3 is 0 Å². The summed E-state index contributed by atoms with van der Waals surface area (Å²) in [5, 5.41) is 2.44. The average Bonchev–Trinajstić information content (AvgIpc) is 2.98. The third kappa shape index (κ3) is 3.16. The van der Waals surface area contributed by atoms with Gasteiger partial charge in [-0.25, -0.2) is 0 Å². The molecule has 0 aliphatic carbocycles. The Labute approximate surface area is 162 Å². The van der Waals surface area contributed by atoms with Crippen molar-refractivity contribution >= 4 is 21.9 Å². The number of hydrogen-bond donors (Lipinski definition) is 0. The van der Waals surface area contributed by atoms with Crippen molar-refractivity contribution in [1.29, 1.82) is 0 Å². The Balaban J connectivity index is 1.96. The maximum absolute atomic E-state index is 6.23. The van der Waals surface area contributed by atoms with Crippen molar-refractivity contribution in [1.82, 2.24) is 0 Å². The molecule has 4 aromatic rings. The van der Waals surface area contributed by atoms with Gasteiger partial charge < -0.3 is 4.42 Å². The van der Waals surface area contributed by atoms with Crippen molar-refractivity contribution in [3.05, 3.63) is 71.8 Å². The number of fused-ring (bicyclic) bond motifs is 3. The number of hydrogen-bond acceptors (Lipinski definition) is 1. The summed E-state index contributed by atoms with van der Waals surface area (Å²) in [6.07, 6.45) is 0. The Morgan fingerprint density at radius 1 is 0.630 bits per heavy atom. The Morgan fingerprint density at radius 2 is 1.30 bits per heavy atom. The monoisotopic (exact) mass is 356 g/mol. The van der Waals surface area contributed by atoms with E-state index in [4.69, 9.17) is 4.42 Å². The topological polar surface area (TPSA) is 13.1 Å². The lowest BCUT2D eigenvalue weighted by molar-refractivity contribution is 0.590. The highest BCUT2D eigenvalue weighted by molar-refractivity contribution is 6.08. The molecule has 0 saturated heterocycles. The van der Waals surface area contributed by atoms with E-state index in [1.165, 1.54) is 33.0 Å². The number of furan rings is 1. The lowest BCUT2D eigenvalue weighted by Gasteiger charge is -2.22. The van der Waals surface area contributed by atoms with E-state index in [1.54, 1.807) is 0 Å². The molecular formula is C26H28O. The first-order valence-electron chi connectivity index (χ1n) is 9.71. The first-order valence-corrected chi connectivity index (χ1v) is 9.71. The zero-order valence-electron chi connectivity index (χ0n) is 17.2. The molecule has 0 aliphatic rings. The molecule has 3 aromatic carbocycles. The molecule has 1 nitrogen and oxygen atoms in total. The highest BCUT2D eigenvalue weighted by atomic mass is 16.3. The highest BCUT2D eigenvalue weighted by Crippen LogP contribution is 2.40. The summed E-state index contributed by atoms with van der Waals surface area (Å²) < 4.78 is 6.23. The van der Waals surface area contributed by atoms with Gasteiger partial charge in [0.25, 0.3) is 0 Å². The van der Waals surface area contributed by atoms with E-state index in [-0.39, 0.29) is 10.8 Å². The Bertz CT molecular complexity index is 1110. The SMILES string of the molecule is CC(C)(C)c1ccc(-c2cc(C(C)(C)C)c3c(c2)oc2ccccc23)cc1. The van der Waals surface area contributed by atoms with Crippen LogP contribution in [0.4, 0.5) is 0 Å². The van der Waals surface area contributed by atoms with Crippen LogP contribution in [-0.2, 0) is 10.8 Å². The van der Waals surface area contributed by atoms with E-state index >= 15 is 0 Å². The predicted octanol–water partition coefficient (Wildman–Crippen LogP) is 7.85. The summed E-state index contributed by atoms with van der Waals surface area (Å²) in [7, 11) is 0. The van der Waals surface area contributed by atoms with Crippen LogP contribution in [0, 0.1) is 0 Å². The van der Waals surface area contributed by atoms with Gasteiger partial charge in [0.2, 0.25) is 0 Å². The van der Waals surface area contributed by atoms with Crippen LogP contribution in [0.5, 0.6) is 0 Å². The second-order valence-corrected chi connectivity index (χ2v) is 9.57. The van der Waals surface area contributed by atoms with Gasteiger partial charge in [0, 0.05) is 10.8 Å². The molecule has 1 heterocycles. The van der Waals surface area contributed by atoms with Crippen LogP contribution in [0.3, 0.4) is 0 Å².